The standard InChI is InChI=1S/C15H16N2O2/c1-10(17(3)4)14(11(2)18)15(19)13-7-5-12(9-16)6-8-13/h5-8H,1-4H3. The minimum absolute atomic E-state index is 0.176. The Bertz CT molecular complexity index is 575. The molecule has 0 radical (unpaired) electrons. The van der Waals surface area contributed by atoms with Crippen molar-refractivity contribution in [2.45, 2.75) is 13.8 Å². The van der Waals surface area contributed by atoms with E-state index in [9.17, 15) is 9.59 Å². The third-order valence-corrected chi connectivity index (χ3v) is 2.89. The van der Waals surface area contributed by atoms with Crippen LogP contribution in [0.2, 0.25) is 0 Å². The van der Waals surface area contributed by atoms with Crippen molar-refractivity contribution in [1.29, 1.82) is 5.26 Å². The highest BCUT2D eigenvalue weighted by Gasteiger charge is 2.20. The summed E-state index contributed by atoms with van der Waals surface area (Å²) < 4.78 is 0. The maximum atomic E-state index is 12.3. The number of Topliss-reactive ketones (excluding diaryl/α,β-unsaturated/α-hetero) is 2. The topological polar surface area (TPSA) is 61.2 Å². The van der Waals surface area contributed by atoms with E-state index in [-0.39, 0.29) is 17.1 Å². The van der Waals surface area contributed by atoms with Crippen molar-refractivity contribution in [3.8, 4) is 6.07 Å². The van der Waals surface area contributed by atoms with Gasteiger partial charge in [-0.15, -0.1) is 0 Å². The van der Waals surface area contributed by atoms with E-state index in [0.29, 0.717) is 16.8 Å². The van der Waals surface area contributed by atoms with E-state index in [1.54, 1.807) is 50.2 Å². The SMILES string of the molecule is CC(=O)C(C(=O)c1ccc(C#N)cc1)=C(C)N(C)C. The van der Waals surface area contributed by atoms with Gasteiger partial charge in [-0.3, -0.25) is 9.59 Å². The lowest BCUT2D eigenvalue weighted by Gasteiger charge is -2.16. The molecule has 4 nitrogen and oxygen atoms in total. The number of carbonyl (C=O) groups excluding carboxylic acids is 2. The highest BCUT2D eigenvalue weighted by molar-refractivity contribution is 6.26. The molecular formula is C15H16N2O2. The average Bonchev–Trinajstić information content (AvgIpc) is 2.38. The first kappa shape index (κ1) is 14.7. The summed E-state index contributed by atoms with van der Waals surface area (Å²) in [5, 5.41) is 8.72. The molecule has 0 aromatic heterocycles. The van der Waals surface area contributed by atoms with E-state index in [1.807, 2.05) is 6.07 Å². The molecule has 98 valence electrons. The highest BCUT2D eigenvalue weighted by Crippen LogP contribution is 2.15. The van der Waals surface area contributed by atoms with E-state index in [4.69, 9.17) is 5.26 Å². The molecule has 0 aliphatic rings. The van der Waals surface area contributed by atoms with Gasteiger partial charge < -0.3 is 4.90 Å². The summed E-state index contributed by atoms with van der Waals surface area (Å²) in [7, 11) is 3.56. The minimum atomic E-state index is -0.316. The molecule has 0 fully saturated rings. The van der Waals surface area contributed by atoms with Crippen LogP contribution in [0.15, 0.2) is 35.5 Å². The molecule has 0 atom stereocenters. The number of hydrogen-bond donors (Lipinski definition) is 0. The predicted molar refractivity (Wildman–Crippen MR) is 72.6 cm³/mol. The molecule has 1 aromatic rings. The van der Waals surface area contributed by atoms with Gasteiger partial charge in [0.2, 0.25) is 0 Å². The van der Waals surface area contributed by atoms with Crippen LogP contribution in [0.3, 0.4) is 0 Å². The van der Waals surface area contributed by atoms with Crippen molar-refractivity contribution < 1.29 is 9.59 Å². The lowest BCUT2D eigenvalue weighted by atomic mass is 9.98. The van der Waals surface area contributed by atoms with Crippen molar-refractivity contribution in [2.24, 2.45) is 0 Å². The Kier molecular flexibility index (Phi) is 4.60. The molecule has 0 aliphatic carbocycles. The van der Waals surface area contributed by atoms with Crippen molar-refractivity contribution in [3.05, 3.63) is 46.7 Å². The zero-order valence-electron chi connectivity index (χ0n) is 11.5. The molecule has 0 unspecified atom stereocenters. The van der Waals surface area contributed by atoms with E-state index < -0.39 is 0 Å². The molecule has 0 heterocycles. The van der Waals surface area contributed by atoms with Gasteiger partial charge in [0.15, 0.2) is 11.6 Å². The van der Waals surface area contributed by atoms with E-state index in [2.05, 4.69) is 0 Å². The Labute approximate surface area is 113 Å². The van der Waals surface area contributed by atoms with Crippen molar-refractivity contribution in [2.75, 3.05) is 14.1 Å². The molecule has 0 amide bonds. The Balaban J connectivity index is 3.25. The fourth-order valence-electron chi connectivity index (χ4n) is 1.64. The summed E-state index contributed by atoms with van der Waals surface area (Å²) in [6.07, 6.45) is 0. The van der Waals surface area contributed by atoms with Crippen LogP contribution < -0.4 is 0 Å². The van der Waals surface area contributed by atoms with Crippen molar-refractivity contribution in [3.63, 3.8) is 0 Å². The van der Waals surface area contributed by atoms with Crippen LogP contribution in [0.4, 0.5) is 0 Å². The third kappa shape index (κ3) is 3.29. The van der Waals surface area contributed by atoms with E-state index in [0.717, 1.165) is 0 Å². The van der Waals surface area contributed by atoms with Gasteiger partial charge in [-0.2, -0.15) is 5.26 Å². The van der Waals surface area contributed by atoms with Gasteiger partial charge in [-0.1, -0.05) is 0 Å². The average molecular weight is 256 g/mol. The van der Waals surface area contributed by atoms with Gasteiger partial charge in [0, 0.05) is 25.4 Å². The Morgan fingerprint density at radius 1 is 1.11 bits per heavy atom. The van der Waals surface area contributed by atoms with Gasteiger partial charge in [-0.05, 0) is 38.1 Å². The third-order valence-electron chi connectivity index (χ3n) is 2.89. The fourth-order valence-corrected chi connectivity index (χ4v) is 1.64. The number of hydrogen-bond acceptors (Lipinski definition) is 4. The van der Waals surface area contributed by atoms with E-state index >= 15 is 0 Å². The fraction of sp³-hybridized carbons (Fsp3) is 0.267. The molecule has 0 bridgehead atoms. The van der Waals surface area contributed by atoms with Gasteiger partial charge >= 0.3 is 0 Å². The number of nitrogens with zero attached hydrogens (tertiary/aromatic N) is 2. The molecule has 0 aliphatic heterocycles. The zero-order valence-corrected chi connectivity index (χ0v) is 11.5. The number of rotatable bonds is 4. The van der Waals surface area contributed by atoms with Gasteiger partial charge in [-0.25, -0.2) is 0 Å². The molecule has 1 rings (SSSR count). The summed E-state index contributed by atoms with van der Waals surface area (Å²) in [6.45, 7) is 3.11. The number of nitriles is 1. The Morgan fingerprint density at radius 3 is 2.00 bits per heavy atom. The molecule has 0 saturated heterocycles. The number of benzene rings is 1. The van der Waals surface area contributed by atoms with Crippen LogP contribution in [-0.2, 0) is 4.79 Å². The normalized spacial score (nSPS) is 11.3. The molecule has 0 saturated carbocycles. The largest absolute Gasteiger partial charge is 0.380 e. The summed E-state index contributed by atoms with van der Waals surface area (Å²) >= 11 is 0. The highest BCUT2D eigenvalue weighted by atomic mass is 16.1. The van der Waals surface area contributed by atoms with Crippen LogP contribution >= 0.6 is 0 Å². The second-order valence-electron chi connectivity index (χ2n) is 4.43. The molecule has 19 heavy (non-hydrogen) atoms. The molecular weight excluding hydrogens is 240 g/mol. The Hall–Kier alpha value is -2.41. The first-order chi connectivity index (χ1) is 8.88. The van der Waals surface area contributed by atoms with E-state index in [1.165, 1.54) is 6.92 Å². The zero-order chi connectivity index (χ0) is 14.6. The number of allylic oxidation sites excluding steroid dienone is 2. The quantitative estimate of drug-likeness (QED) is 0.358. The van der Waals surface area contributed by atoms with Crippen LogP contribution in [0.1, 0.15) is 29.8 Å². The molecule has 0 N–H and O–H groups in total. The van der Waals surface area contributed by atoms with Gasteiger partial charge in [0.1, 0.15) is 0 Å². The van der Waals surface area contributed by atoms with Crippen LogP contribution in [0, 0.1) is 11.3 Å². The maximum absolute atomic E-state index is 12.3. The summed E-state index contributed by atoms with van der Waals surface area (Å²) in [5.74, 6) is -0.580. The number of carbonyl (C=O) groups is 2. The predicted octanol–water partition coefficient (Wildman–Crippen LogP) is 2.17. The molecule has 1 aromatic carbocycles. The van der Waals surface area contributed by atoms with Gasteiger partial charge in [0.25, 0.3) is 0 Å². The minimum Gasteiger partial charge on any atom is -0.380 e. The number of ketones is 2. The van der Waals surface area contributed by atoms with Crippen LogP contribution in [0.5, 0.6) is 0 Å². The molecule has 0 spiro atoms. The first-order valence-corrected chi connectivity index (χ1v) is 5.82. The Morgan fingerprint density at radius 2 is 1.63 bits per heavy atom. The summed E-state index contributed by atoms with van der Waals surface area (Å²) in [5.41, 5.74) is 1.69. The van der Waals surface area contributed by atoms with Crippen molar-refractivity contribution >= 4 is 11.6 Å². The lowest BCUT2D eigenvalue weighted by molar-refractivity contribution is -0.113. The van der Waals surface area contributed by atoms with Crippen molar-refractivity contribution in [1.82, 2.24) is 4.90 Å². The monoisotopic (exact) mass is 256 g/mol. The summed E-state index contributed by atoms with van der Waals surface area (Å²) in [6, 6.07) is 8.24. The first-order valence-electron chi connectivity index (χ1n) is 5.82. The second-order valence-corrected chi connectivity index (χ2v) is 4.43. The smallest absolute Gasteiger partial charge is 0.198 e. The van der Waals surface area contributed by atoms with Crippen LogP contribution in [0.25, 0.3) is 0 Å². The molecule has 4 heteroatoms. The maximum Gasteiger partial charge on any atom is 0.198 e. The van der Waals surface area contributed by atoms with Gasteiger partial charge in [0.05, 0.1) is 17.2 Å². The lowest BCUT2D eigenvalue weighted by Crippen LogP contribution is -2.20. The van der Waals surface area contributed by atoms with Crippen LogP contribution in [-0.4, -0.2) is 30.6 Å². The summed E-state index contributed by atoms with van der Waals surface area (Å²) in [4.78, 5) is 25.7. The second kappa shape index (κ2) is 5.96.